The van der Waals surface area contributed by atoms with E-state index in [1.54, 1.807) is 37.3 Å². The molecule has 4 N–H and O–H groups in total. The van der Waals surface area contributed by atoms with Gasteiger partial charge in [0.2, 0.25) is 0 Å². The highest BCUT2D eigenvalue weighted by atomic mass is 19.1. The molecule has 0 aliphatic carbocycles. The summed E-state index contributed by atoms with van der Waals surface area (Å²) >= 11 is 0. The predicted octanol–water partition coefficient (Wildman–Crippen LogP) is 3.68. The van der Waals surface area contributed by atoms with Gasteiger partial charge in [-0.2, -0.15) is 0 Å². The molecule has 0 spiro atoms. The van der Waals surface area contributed by atoms with E-state index in [9.17, 15) is 9.18 Å². The van der Waals surface area contributed by atoms with Crippen molar-refractivity contribution in [2.45, 2.75) is 33.3 Å². The fraction of sp³-hybridized carbons (Fsp3) is 0.333. The van der Waals surface area contributed by atoms with E-state index in [2.05, 4.69) is 5.32 Å². The number of amides is 1. The Balaban J connectivity index is 2.12. The Bertz CT molecular complexity index is 834. The highest BCUT2D eigenvalue weighted by Gasteiger charge is 2.16. The molecule has 0 saturated heterocycles. The summed E-state index contributed by atoms with van der Waals surface area (Å²) in [4.78, 5) is 12.3. The molecule has 2 aromatic rings. The van der Waals surface area contributed by atoms with E-state index in [0.29, 0.717) is 47.5 Å². The first-order valence-corrected chi connectivity index (χ1v) is 8.95. The average molecular weight is 371 g/mol. The van der Waals surface area contributed by atoms with Gasteiger partial charge >= 0.3 is 0 Å². The number of ether oxygens (including phenoxy) is 1. The molecule has 2 aromatic carbocycles. The quantitative estimate of drug-likeness (QED) is 0.376. The monoisotopic (exact) mass is 371 g/mol. The Hall–Kier alpha value is -2.73. The molecular formula is C21H26FN3O2. The van der Waals surface area contributed by atoms with E-state index < -0.39 is 5.91 Å². The molecule has 0 atom stereocenters. The molecule has 0 fully saturated rings. The number of nitrogens with two attached hydrogens (primary N) is 1. The number of nitrogens with one attached hydrogen (secondary N) is 2. The average Bonchev–Trinajstić information content (AvgIpc) is 2.63. The lowest BCUT2D eigenvalue weighted by Crippen LogP contribution is -2.32. The van der Waals surface area contributed by atoms with Gasteiger partial charge < -0.3 is 15.8 Å². The number of carbonyl (C=O) groups is 1. The summed E-state index contributed by atoms with van der Waals surface area (Å²) in [5, 5.41) is 10.9. The summed E-state index contributed by atoms with van der Waals surface area (Å²) in [6.45, 7) is 6.55. The van der Waals surface area contributed by atoms with Crippen LogP contribution in [0.1, 0.15) is 31.4 Å². The van der Waals surface area contributed by atoms with Crippen LogP contribution in [0.2, 0.25) is 0 Å². The van der Waals surface area contributed by atoms with Crippen molar-refractivity contribution in [1.29, 1.82) is 5.41 Å². The fourth-order valence-corrected chi connectivity index (χ4v) is 2.66. The van der Waals surface area contributed by atoms with E-state index >= 15 is 0 Å². The van der Waals surface area contributed by atoms with Gasteiger partial charge in [-0.3, -0.25) is 10.2 Å². The Morgan fingerprint density at radius 3 is 2.74 bits per heavy atom. The molecule has 0 aromatic heterocycles. The highest BCUT2D eigenvalue weighted by molar-refractivity contribution is 6.45. The summed E-state index contributed by atoms with van der Waals surface area (Å²) in [5.74, 6) is -0.804. The van der Waals surface area contributed by atoms with Gasteiger partial charge in [-0.25, -0.2) is 4.39 Å². The molecule has 0 radical (unpaired) electrons. The van der Waals surface area contributed by atoms with Crippen molar-refractivity contribution in [1.82, 2.24) is 5.32 Å². The SMILES string of the molecule is Cc1c(F)cccc1-c1ccc(N)c(C(=N)C(=O)NCCCOC(C)C)c1. The Labute approximate surface area is 159 Å². The van der Waals surface area contributed by atoms with Gasteiger partial charge in [0.1, 0.15) is 11.5 Å². The molecule has 0 heterocycles. The molecule has 0 aliphatic rings. The topological polar surface area (TPSA) is 88.2 Å². The first kappa shape index (κ1) is 20.6. The Kier molecular flexibility index (Phi) is 7.07. The smallest absolute Gasteiger partial charge is 0.269 e. The van der Waals surface area contributed by atoms with E-state index in [1.165, 1.54) is 6.07 Å². The molecule has 27 heavy (non-hydrogen) atoms. The maximum absolute atomic E-state index is 13.8. The maximum atomic E-state index is 13.8. The zero-order valence-corrected chi connectivity index (χ0v) is 15.9. The number of halogens is 1. The molecule has 144 valence electrons. The predicted molar refractivity (Wildman–Crippen MR) is 107 cm³/mol. The molecule has 0 unspecified atom stereocenters. The summed E-state index contributed by atoms with van der Waals surface area (Å²) in [7, 11) is 0. The van der Waals surface area contributed by atoms with Crippen LogP contribution in [0.3, 0.4) is 0 Å². The van der Waals surface area contributed by atoms with E-state index in [-0.39, 0.29) is 17.6 Å². The van der Waals surface area contributed by atoms with Crippen LogP contribution < -0.4 is 11.1 Å². The molecule has 0 saturated carbocycles. The van der Waals surface area contributed by atoms with Crippen molar-refractivity contribution in [3.63, 3.8) is 0 Å². The van der Waals surface area contributed by atoms with E-state index in [1.807, 2.05) is 13.8 Å². The fourth-order valence-electron chi connectivity index (χ4n) is 2.66. The van der Waals surface area contributed by atoms with Crippen LogP contribution in [-0.4, -0.2) is 30.9 Å². The third-order valence-electron chi connectivity index (χ3n) is 4.19. The first-order chi connectivity index (χ1) is 12.8. The number of benzene rings is 2. The van der Waals surface area contributed by atoms with Crippen LogP contribution in [0.15, 0.2) is 36.4 Å². The molecule has 0 bridgehead atoms. The minimum absolute atomic E-state index is 0.146. The van der Waals surface area contributed by atoms with Gasteiger partial charge in [0.25, 0.3) is 5.91 Å². The minimum atomic E-state index is -0.501. The van der Waals surface area contributed by atoms with Crippen molar-refractivity contribution in [3.05, 3.63) is 53.3 Å². The summed E-state index contributed by atoms with van der Waals surface area (Å²) < 4.78 is 19.3. The van der Waals surface area contributed by atoms with Gasteiger partial charge in [-0.05, 0) is 62.1 Å². The Morgan fingerprint density at radius 2 is 2.04 bits per heavy atom. The van der Waals surface area contributed by atoms with Crippen LogP contribution in [0, 0.1) is 18.2 Å². The van der Waals surface area contributed by atoms with Crippen LogP contribution in [0.25, 0.3) is 11.1 Å². The number of hydrogen-bond acceptors (Lipinski definition) is 4. The summed E-state index contributed by atoms with van der Waals surface area (Å²) in [5.41, 5.74) is 8.33. The lowest BCUT2D eigenvalue weighted by molar-refractivity contribution is -0.114. The third-order valence-corrected chi connectivity index (χ3v) is 4.19. The Morgan fingerprint density at radius 1 is 1.30 bits per heavy atom. The van der Waals surface area contributed by atoms with Gasteiger partial charge in [-0.1, -0.05) is 18.2 Å². The second-order valence-electron chi connectivity index (χ2n) is 6.62. The van der Waals surface area contributed by atoms with Gasteiger partial charge in [0.15, 0.2) is 0 Å². The van der Waals surface area contributed by atoms with Crippen molar-refractivity contribution >= 4 is 17.3 Å². The van der Waals surface area contributed by atoms with Crippen molar-refractivity contribution < 1.29 is 13.9 Å². The number of hydrogen-bond donors (Lipinski definition) is 3. The van der Waals surface area contributed by atoms with Crippen LogP contribution in [-0.2, 0) is 9.53 Å². The second-order valence-corrected chi connectivity index (χ2v) is 6.62. The lowest BCUT2D eigenvalue weighted by atomic mass is 9.96. The van der Waals surface area contributed by atoms with Crippen LogP contribution in [0.5, 0.6) is 0 Å². The zero-order chi connectivity index (χ0) is 20.0. The summed E-state index contributed by atoms with van der Waals surface area (Å²) in [6, 6.07) is 9.87. The van der Waals surface area contributed by atoms with Gasteiger partial charge in [0.05, 0.1) is 6.10 Å². The van der Waals surface area contributed by atoms with Gasteiger partial charge in [0, 0.05) is 24.4 Å². The molecule has 1 amide bonds. The van der Waals surface area contributed by atoms with Crippen molar-refractivity contribution in [2.24, 2.45) is 0 Å². The molecule has 6 heteroatoms. The number of carbonyl (C=O) groups excluding carboxylic acids is 1. The third kappa shape index (κ3) is 5.37. The maximum Gasteiger partial charge on any atom is 0.269 e. The number of rotatable bonds is 8. The number of anilines is 1. The van der Waals surface area contributed by atoms with Crippen LogP contribution in [0.4, 0.5) is 10.1 Å². The largest absolute Gasteiger partial charge is 0.398 e. The zero-order valence-electron chi connectivity index (χ0n) is 15.9. The molecule has 5 nitrogen and oxygen atoms in total. The molecular weight excluding hydrogens is 345 g/mol. The minimum Gasteiger partial charge on any atom is -0.398 e. The normalized spacial score (nSPS) is 10.9. The van der Waals surface area contributed by atoms with E-state index in [0.717, 1.165) is 0 Å². The number of nitrogen functional groups attached to an aromatic ring is 1. The highest BCUT2D eigenvalue weighted by Crippen LogP contribution is 2.28. The first-order valence-electron chi connectivity index (χ1n) is 8.95. The van der Waals surface area contributed by atoms with Gasteiger partial charge in [-0.15, -0.1) is 0 Å². The van der Waals surface area contributed by atoms with Crippen molar-refractivity contribution in [2.75, 3.05) is 18.9 Å². The second kappa shape index (κ2) is 9.28. The van der Waals surface area contributed by atoms with Crippen molar-refractivity contribution in [3.8, 4) is 11.1 Å². The molecule has 0 aliphatic heterocycles. The standard InChI is InChI=1S/C21H26FN3O2/c1-13(2)27-11-5-10-25-21(26)20(24)17-12-15(8-9-19(17)23)16-6-4-7-18(22)14(16)3/h4,6-9,12-13,24H,5,10-11,23H2,1-3H3,(H,25,26). The van der Waals surface area contributed by atoms with Crippen LogP contribution >= 0.6 is 0 Å². The van der Waals surface area contributed by atoms with E-state index in [4.69, 9.17) is 15.9 Å². The lowest BCUT2D eigenvalue weighted by Gasteiger charge is -2.13. The summed E-state index contributed by atoms with van der Waals surface area (Å²) in [6.07, 6.45) is 0.808. The molecule has 2 rings (SSSR count).